The summed E-state index contributed by atoms with van der Waals surface area (Å²) in [5.41, 5.74) is 0. The van der Waals surface area contributed by atoms with Crippen LogP contribution in [0.4, 0.5) is 0 Å². The van der Waals surface area contributed by atoms with Gasteiger partial charge in [0.1, 0.15) is 5.78 Å². The first-order chi connectivity index (χ1) is 7.49. The van der Waals surface area contributed by atoms with Gasteiger partial charge in [-0.1, -0.05) is 32.9 Å². The Labute approximate surface area is 96.4 Å². The molecule has 0 fully saturated rings. The largest absolute Gasteiger partial charge is 0.339 e. The van der Waals surface area contributed by atoms with Crippen LogP contribution in [0.1, 0.15) is 45.8 Å². The maximum Gasteiger partial charge on any atom is 0.234 e. The van der Waals surface area contributed by atoms with E-state index >= 15 is 0 Å². The van der Waals surface area contributed by atoms with Gasteiger partial charge in [0.15, 0.2) is 5.82 Å². The van der Waals surface area contributed by atoms with E-state index < -0.39 is 0 Å². The van der Waals surface area contributed by atoms with Crippen LogP contribution in [0.2, 0.25) is 0 Å². The maximum absolute atomic E-state index is 11.5. The topological polar surface area (TPSA) is 56.0 Å². The van der Waals surface area contributed by atoms with Crippen molar-refractivity contribution in [2.45, 2.75) is 47.0 Å². The molecule has 4 nitrogen and oxygen atoms in total. The molecule has 1 heterocycles. The molecule has 0 aliphatic heterocycles. The summed E-state index contributed by atoms with van der Waals surface area (Å²) < 4.78 is 5.04. The van der Waals surface area contributed by atoms with E-state index in [0.717, 1.165) is 12.8 Å². The average molecular weight is 224 g/mol. The number of ketones is 1. The summed E-state index contributed by atoms with van der Waals surface area (Å²) in [6, 6.07) is 0. The van der Waals surface area contributed by atoms with Gasteiger partial charge in [-0.3, -0.25) is 4.79 Å². The van der Waals surface area contributed by atoms with E-state index in [-0.39, 0.29) is 18.1 Å². The lowest BCUT2D eigenvalue weighted by atomic mass is 10.1. The minimum absolute atomic E-state index is 0.0195. The molecule has 0 bridgehead atoms. The van der Waals surface area contributed by atoms with E-state index in [4.69, 9.17) is 4.52 Å². The molecule has 0 atom stereocenters. The monoisotopic (exact) mass is 224 g/mol. The Morgan fingerprint density at radius 2 is 2.00 bits per heavy atom. The second kappa shape index (κ2) is 5.77. The molecular formula is C12H20N2O2. The molecule has 0 aliphatic carbocycles. The van der Waals surface area contributed by atoms with Crippen molar-refractivity contribution in [1.29, 1.82) is 0 Å². The van der Waals surface area contributed by atoms with Crippen molar-refractivity contribution in [2.24, 2.45) is 11.8 Å². The SMILES string of the molecule is CC(C)CCc1noc(CC(=O)C(C)C)n1. The number of Topliss-reactive ketones (excluding diaryl/α,β-unsaturated/α-hetero) is 1. The molecule has 0 radical (unpaired) electrons. The summed E-state index contributed by atoms with van der Waals surface area (Å²) in [6.45, 7) is 8.06. The Balaban J connectivity index is 2.48. The predicted octanol–water partition coefficient (Wildman–Crippen LogP) is 2.43. The number of rotatable bonds is 6. The molecular weight excluding hydrogens is 204 g/mol. The van der Waals surface area contributed by atoms with E-state index in [1.165, 1.54) is 0 Å². The molecule has 1 aromatic heterocycles. The number of nitrogens with zero attached hydrogens (tertiary/aromatic N) is 2. The van der Waals surface area contributed by atoms with Crippen molar-refractivity contribution in [1.82, 2.24) is 10.1 Å². The fourth-order valence-corrected chi connectivity index (χ4v) is 1.23. The number of aromatic nitrogens is 2. The highest BCUT2D eigenvalue weighted by Gasteiger charge is 2.13. The lowest BCUT2D eigenvalue weighted by molar-refractivity contribution is -0.121. The maximum atomic E-state index is 11.5. The molecule has 0 amide bonds. The molecule has 0 N–H and O–H groups in total. The van der Waals surface area contributed by atoms with Gasteiger partial charge >= 0.3 is 0 Å². The summed E-state index contributed by atoms with van der Waals surface area (Å²) >= 11 is 0. The normalized spacial score (nSPS) is 11.4. The standard InChI is InChI=1S/C12H20N2O2/c1-8(2)5-6-11-13-12(16-14-11)7-10(15)9(3)4/h8-9H,5-7H2,1-4H3. The molecule has 0 saturated heterocycles. The first-order valence-corrected chi connectivity index (χ1v) is 5.83. The molecule has 16 heavy (non-hydrogen) atoms. The minimum Gasteiger partial charge on any atom is -0.339 e. The fraction of sp³-hybridized carbons (Fsp3) is 0.750. The summed E-state index contributed by atoms with van der Waals surface area (Å²) in [7, 11) is 0. The van der Waals surface area contributed by atoms with Gasteiger partial charge < -0.3 is 4.52 Å². The molecule has 0 saturated carbocycles. The van der Waals surface area contributed by atoms with Gasteiger partial charge in [-0.05, 0) is 12.3 Å². The minimum atomic E-state index is 0.0195. The van der Waals surface area contributed by atoms with Gasteiger partial charge in [0.25, 0.3) is 0 Å². The quantitative estimate of drug-likeness (QED) is 0.744. The second-order valence-corrected chi connectivity index (χ2v) is 4.83. The molecule has 0 spiro atoms. The zero-order valence-corrected chi connectivity index (χ0v) is 10.5. The average Bonchev–Trinajstić information content (AvgIpc) is 2.62. The second-order valence-electron chi connectivity index (χ2n) is 4.83. The summed E-state index contributed by atoms with van der Waals surface area (Å²) in [5.74, 6) is 1.93. The lowest BCUT2D eigenvalue weighted by Gasteiger charge is -1.99. The fourth-order valence-electron chi connectivity index (χ4n) is 1.23. The van der Waals surface area contributed by atoms with Crippen LogP contribution in [0.3, 0.4) is 0 Å². The van der Waals surface area contributed by atoms with Gasteiger partial charge in [-0.15, -0.1) is 0 Å². The zero-order valence-electron chi connectivity index (χ0n) is 10.5. The Hall–Kier alpha value is -1.19. The lowest BCUT2D eigenvalue weighted by Crippen LogP contribution is -2.10. The van der Waals surface area contributed by atoms with Crippen molar-refractivity contribution in [3.05, 3.63) is 11.7 Å². The van der Waals surface area contributed by atoms with Crippen LogP contribution in [-0.4, -0.2) is 15.9 Å². The van der Waals surface area contributed by atoms with Crippen LogP contribution in [-0.2, 0) is 17.6 Å². The third kappa shape index (κ3) is 4.13. The van der Waals surface area contributed by atoms with Gasteiger partial charge in [0, 0.05) is 12.3 Å². The molecule has 0 unspecified atom stereocenters. The van der Waals surface area contributed by atoms with E-state index in [1.54, 1.807) is 0 Å². The molecule has 90 valence electrons. The zero-order chi connectivity index (χ0) is 12.1. The summed E-state index contributed by atoms with van der Waals surface area (Å²) in [4.78, 5) is 15.7. The van der Waals surface area contributed by atoms with Crippen LogP contribution >= 0.6 is 0 Å². The number of carbonyl (C=O) groups excluding carboxylic acids is 1. The number of carbonyl (C=O) groups is 1. The predicted molar refractivity (Wildman–Crippen MR) is 61.0 cm³/mol. The van der Waals surface area contributed by atoms with Crippen LogP contribution in [0.5, 0.6) is 0 Å². The first kappa shape index (κ1) is 12.9. The van der Waals surface area contributed by atoms with E-state index in [9.17, 15) is 4.79 Å². The van der Waals surface area contributed by atoms with E-state index in [1.807, 2.05) is 13.8 Å². The molecule has 1 rings (SSSR count). The molecule has 0 aromatic carbocycles. The molecule has 1 aromatic rings. The highest BCUT2D eigenvalue weighted by atomic mass is 16.5. The Bertz CT molecular complexity index is 343. The Morgan fingerprint density at radius 1 is 1.31 bits per heavy atom. The van der Waals surface area contributed by atoms with E-state index in [2.05, 4.69) is 24.0 Å². The highest BCUT2D eigenvalue weighted by molar-refractivity contribution is 5.81. The van der Waals surface area contributed by atoms with Gasteiger partial charge in [0.2, 0.25) is 5.89 Å². The summed E-state index contributed by atoms with van der Waals surface area (Å²) in [6.07, 6.45) is 2.11. The van der Waals surface area contributed by atoms with Crippen LogP contribution in [0.25, 0.3) is 0 Å². The van der Waals surface area contributed by atoms with Gasteiger partial charge in [-0.25, -0.2) is 0 Å². The van der Waals surface area contributed by atoms with Gasteiger partial charge in [0.05, 0.1) is 6.42 Å². The number of hydrogen-bond donors (Lipinski definition) is 0. The van der Waals surface area contributed by atoms with Crippen molar-refractivity contribution in [3.63, 3.8) is 0 Å². The van der Waals surface area contributed by atoms with E-state index in [0.29, 0.717) is 17.6 Å². The third-order valence-electron chi connectivity index (χ3n) is 2.42. The summed E-state index contributed by atoms with van der Waals surface area (Å²) in [5, 5.41) is 3.86. The van der Waals surface area contributed by atoms with Crippen LogP contribution < -0.4 is 0 Å². The van der Waals surface area contributed by atoms with Crippen LogP contribution in [0, 0.1) is 11.8 Å². The third-order valence-corrected chi connectivity index (χ3v) is 2.42. The number of hydrogen-bond acceptors (Lipinski definition) is 4. The van der Waals surface area contributed by atoms with Crippen LogP contribution in [0.15, 0.2) is 4.52 Å². The highest BCUT2D eigenvalue weighted by Crippen LogP contribution is 2.08. The Morgan fingerprint density at radius 3 is 2.56 bits per heavy atom. The van der Waals surface area contributed by atoms with Crippen molar-refractivity contribution in [3.8, 4) is 0 Å². The first-order valence-electron chi connectivity index (χ1n) is 5.83. The Kier molecular flexibility index (Phi) is 4.65. The molecule has 4 heteroatoms. The van der Waals surface area contributed by atoms with Crippen molar-refractivity contribution in [2.75, 3.05) is 0 Å². The smallest absolute Gasteiger partial charge is 0.234 e. The van der Waals surface area contributed by atoms with Crippen molar-refractivity contribution < 1.29 is 9.32 Å². The number of aryl methyl sites for hydroxylation is 1. The van der Waals surface area contributed by atoms with Crippen molar-refractivity contribution >= 4 is 5.78 Å². The molecule has 0 aliphatic rings. The van der Waals surface area contributed by atoms with Gasteiger partial charge in [-0.2, -0.15) is 4.98 Å².